The molecule has 1 aromatic rings. The first-order valence-electron chi connectivity index (χ1n) is 10.2. The van der Waals surface area contributed by atoms with Gasteiger partial charge in [0.25, 0.3) is 0 Å². The fourth-order valence-corrected chi connectivity index (χ4v) is 3.02. The minimum Gasteiger partial charge on any atom is -0.444 e. The monoisotopic (exact) mass is 421 g/mol. The number of alkyl carbamates (subject to hydrolysis) is 1. The number of aliphatic hydroxyl groups is 1. The van der Waals surface area contributed by atoms with Crippen molar-refractivity contribution in [3.05, 3.63) is 35.9 Å². The Balaban J connectivity index is 3.06. The van der Waals surface area contributed by atoms with Crippen molar-refractivity contribution in [1.82, 2.24) is 15.5 Å². The minimum atomic E-state index is -1.24. The normalized spacial score (nSPS) is 14.2. The summed E-state index contributed by atoms with van der Waals surface area (Å²) in [5.74, 6) is -0.928. The minimum absolute atomic E-state index is 0.0502. The molecule has 0 aliphatic rings. The van der Waals surface area contributed by atoms with E-state index >= 15 is 0 Å². The zero-order valence-corrected chi connectivity index (χ0v) is 18.8. The van der Waals surface area contributed by atoms with Gasteiger partial charge in [0, 0.05) is 13.1 Å². The number of nitrogens with zero attached hydrogens (tertiary/aromatic N) is 1. The van der Waals surface area contributed by atoms with E-state index in [1.165, 1.54) is 11.9 Å². The largest absolute Gasteiger partial charge is 0.444 e. The van der Waals surface area contributed by atoms with Crippen molar-refractivity contribution in [1.29, 1.82) is 0 Å². The highest BCUT2D eigenvalue weighted by Gasteiger charge is 2.34. The smallest absolute Gasteiger partial charge is 0.408 e. The van der Waals surface area contributed by atoms with Crippen LogP contribution in [0.2, 0.25) is 0 Å². The highest BCUT2D eigenvalue weighted by Crippen LogP contribution is 2.21. The number of hydrogen-bond donors (Lipinski definition) is 3. The summed E-state index contributed by atoms with van der Waals surface area (Å²) in [6.07, 6.45) is 0.906. The molecule has 8 nitrogen and oxygen atoms in total. The molecule has 0 radical (unpaired) electrons. The number of benzene rings is 1. The lowest BCUT2D eigenvalue weighted by atomic mass is 10.0. The number of carbonyl (C=O) groups excluding carboxylic acids is 3. The fraction of sp³-hybridized carbons (Fsp3) is 0.591. The van der Waals surface area contributed by atoms with Gasteiger partial charge in [-0.2, -0.15) is 0 Å². The topological polar surface area (TPSA) is 108 Å². The number of nitrogens with one attached hydrogen (secondary N) is 2. The van der Waals surface area contributed by atoms with Crippen LogP contribution in [0.25, 0.3) is 0 Å². The Labute approximate surface area is 179 Å². The fourth-order valence-electron chi connectivity index (χ4n) is 3.02. The van der Waals surface area contributed by atoms with Crippen molar-refractivity contribution in [2.45, 2.75) is 71.2 Å². The van der Waals surface area contributed by atoms with Crippen molar-refractivity contribution in [2.75, 3.05) is 13.7 Å². The number of rotatable bonds is 9. The molecule has 1 aromatic carbocycles. The maximum atomic E-state index is 13.0. The van der Waals surface area contributed by atoms with Gasteiger partial charge in [-0.25, -0.2) is 4.79 Å². The van der Waals surface area contributed by atoms with E-state index in [9.17, 15) is 19.5 Å². The average molecular weight is 422 g/mol. The number of ether oxygens (including phenoxy) is 1. The van der Waals surface area contributed by atoms with Crippen LogP contribution in [0.4, 0.5) is 4.79 Å². The van der Waals surface area contributed by atoms with Crippen LogP contribution < -0.4 is 10.6 Å². The molecule has 0 bridgehead atoms. The Morgan fingerprint density at radius 2 is 1.73 bits per heavy atom. The molecule has 0 saturated carbocycles. The summed E-state index contributed by atoms with van der Waals surface area (Å²) in [5.41, 5.74) is -0.121. The Bertz CT molecular complexity index is 702. The molecular weight excluding hydrogens is 386 g/mol. The van der Waals surface area contributed by atoms with E-state index in [0.29, 0.717) is 5.56 Å². The first-order valence-corrected chi connectivity index (χ1v) is 10.2. The van der Waals surface area contributed by atoms with E-state index in [2.05, 4.69) is 10.6 Å². The molecule has 3 amide bonds. The molecule has 8 heteroatoms. The van der Waals surface area contributed by atoms with Crippen LogP contribution in [0.3, 0.4) is 0 Å². The summed E-state index contributed by atoms with van der Waals surface area (Å²) in [4.78, 5) is 39.3. The maximum absolute atomic E-state index is 13.0. The van der Waals surface area contributed by atoms with Crippen LogP contribution in [0.1, 0.15) is 59.1 Å². The number of aliphatic hydroxyl groups excluding tert-OH is 1. The number of amides is 3. The first-order chi connectivity index (χ1) is 14.0. The van der Waals surface area contributed by atoms with Gasteiger partial charge in [0.15, 0.2) is 0 Å². The van der Waals surface area contributed by atoms with E-state index in [4.69, 9.17) is 4.74 Å². The van der Waals surface area contributed by atoms with Gasteiger partial charge in [-0.15, -0.1) is 0 Å². The van der Waals surface area contributed by atoms with Gasteiger partial charge in [0.2, 0.25) is 11.8 Å². The number of likely N-dealkylation sites (N-methyl/N-ethyl adjacent to an activating group) is 1. The van der Waals surface area contributed by atoms with Crippen molar-refractivity contribution >= 4 is 17.9 Å². The van der Waals surface area contributed by atoms with Crippen LogP contribution in [-0.4, -0.2) is 59.3 Å². The second kappa shape index (κ2) is 11.5. The van der Waals surface area contributed by atoms with Crippen LogP contribution >= 0.6 is 0 Å². The Kier molecular flexibility index (Phi) is 9.78. The molecule has 0 saturated heterocycles. The molecule has 30 heavy (non-hydrogen) atoms. The standard InChI is InChI=1S/C22H35N3O5/c1-7-11-15(2)23-19(27)18(16-12-9-8-10-13-16)25(6)20(28)17(14-26)24-21(29)30-22(3,4)5/h8-10,12-13,15,17-18,26H,7,11,14H2,1-6H3,(H,23,27)(H,24,29). The Hall–Kier alpha value is -2.61. The molecule has 0 aromatic heterocycles. The zero-order chi connectivity index (χ0) is 22.9. The van der Waals surface area contributed by atoms with Crippen LogP contribution in [-0.2, 0) is 14.3 Å². The predicted octanol–water partition coefficient (Wildman–Crippen LogP) is 2.38. The van der Waals surface area contributed by atoms with E-state index < -0.39 is 36.3 Å². The molecule has 3 unspecified atom stereocenters. The van der Waals surface area contributed by atoms with Crippen molar-refractivity contribution in [3.63, 3.8) is 0 Å². The molecule has 0 fully saturated rings. The molecule has 0 aliphatic heterocycles. The SMILES string of the molecule is CCCC(C)NC(=O)C(c1ccccc1)N(C)C(=O)C(CO)NC(=O)OC(C)(C)C. The zero-order valence-electron chi connectivity index (χ0n) is 18.8. The Morgan fingerprint density at radius 1 is 1.13 bits per heavy atom. The van der Waals surface area contributed by atoms with Gasteiger partial charge in [0.05, 0.1) is 6.61 Å². The second-order valence-corrected chi connectivity index (χ2v) is 8.34. The summed E-state index contributed by atoms with van der Waals surface area (Å²) in [7, 11) is 1.48. The van der Waals surface area contributed by atoms with Gasteiger partial charge in [-0.3, -0.25) is 9.59 Å². The van der Waals surface area contributed by atoms with Gasteiger partial charge >= 0.3 is 6.09 Å². The molecule has 168 valence electrons. The van der Waals surface area contributed by atoms with Crippen LogP contribution in [0.15, 0.2) is 30.3 Å². The lowest BCUT2D eigenvalue weighted by Crippen LogP contribution is -2.53. The molecule has 0 heterocycles. The van der Waals surface area contributed by atoms with E-state index in [-0.39, 0.29) is 11.9 Å². The Morgan fingerprint density at radius 3 is 2.23 bits per heavy atom. The molecule has 0 aliphatic carbocycles. The van der Waals surface area contributed by atoms with Crippen LogP contribution in [0.5, 0.6) is 0 Å². The average Bonchev–Trinajstić information content (AvgIpc) is 2.65. The third kappa shape index (κ3) is 8.02. The highest BCUT2D eigenvalue weighted by atomic mass is 16.6. The van der Waals surface area contributed by atoms with Crippen LogP contribution in [0, 0.1) is 0 Å². The summed E-state index contributed by atoms with van der Waals surface area (Å²) in [5, 5.41) is 15.0. The summed E-state index contributed by atoms with van der Waals surface area (Å²) < 4.78 is 5.16. The van der Waals surface area contributed by atoms with Gasteiger partial charge < -0.3 is 25.4 Å². The molecule has 0 spiro atoms. The van der Waals surface area contributed by atoms with Gasteiger partial charge in [0.1, 0.15) is 17.7 Å². The lowest BCUT2D eigenvalue weighted by Gasteiger charge is -2.31. The molecule has 3 atom stereocenters. The number of carbonyl (C=O) groups is 3. The maximum Gasteiger partial charge on any atom is 0.408 e. The van der Waals surface area contributed by atoms with Gasteiger partial charge in [-0.05, 0) is 39.7 Å². The summed E-state index contributed by atoms with van der Waals surface area (Å²) in [6, 6.07) is 6.70. The molecule has 1 rings (SSSR count). The lowest BCUT2D eigenvalue weighted by molar-refractivity contribution is -0.141. The van der Waals surface area contributed by atoms with E-state index in [1.54, 1.807) is 45.0 Å². The molecular formula is C22H35N3O5. The summed E-state index contributed by atoms with van der Waals surface area (Å²) in [6.45, 7) is 8.40. The summed E-state index contributed by atoms with van der Waals surface area (Å²) >= 11 is 0. The first kappa shape index (κ1) is 25.4. The van der Waals surface area contributed by atoms with Crippen molar-refractivity contribution < 1.29 is 24.2 Å². The van der Waals surface area contributed by atoms with Crippen molar-refractivity contribution in [3.8, 4) is 0 Å². The highest BCUT2D eigenvalue weighted by molar-refractivity contribution is 5.92. The predicted molar refractivity (Wildman–Crippen MR) is 115 cm³/mol. The van der Waals surface area contributed by atoms with Gasteiger partial charge in [-0.1, -0.05) is 43.7 Å². The van der Waals surface area contributed by atoms with Crippen molar-refractivity contribution in [2.24, 2.45) is 0 Å². The third-order valence-electron chi connectivity index (χ3n) is 4.38. The molecule has 3 N–H and O–H groups in total. The number of hydrogen-bond acceptors (Lipinski definition) is 5. The third-order valence-corrected chi connectivity index (χ3v) is 4.38. The quantitative estimate of drug-likeness (QED) is 0.567. The van der Waals surface area contributed by atoms with E-state index in [0.717, 1.165) is 12.8 Å². The second-order valence-electron chi connectivity index (χ2n) is 8.34. The van der Waals surface area contributed by atoms with E-state index in [1.807, 2.05) is 19.9 Å².